The third-order valence-corrected chi connectivity index (χ3v) is 4.79. The van der Waals surface area contributed by atoms with E-state index in [0.717, 1.165) is 35.4 Å². The Balaban J connectivity index is 3.09. The Morgan fingerprint density at radius 2 is 1.78 bits per heavy atom. The van der Waals surface area contributed by atoms with Gasteiger partial charge in [0, 0.05) is 30.2 Å². The molecule has 0 radical (unpaired) electrons. The molecule has 0 bridgehead atoms. The van der Waals surface area contributed by atoms with Gasteiger partial charge in [0.2, 0.25) is 0 Å². The van der Waals surface area contributed by atoms with E-state index in [1.54, 1.807) is 30.2 Å². The van der Waals surface area contributed by atoms with Gasteiger partial charge in [-0.3, -0.25) is 9.79 Å². The van der Waals surface area contributed by atoms with Gasteiger partial charge in [0.05, 0.1) is 6.04 Å². The number of likely N-dealkylation sites (N-methyl/N-ethyl adjacent to an activating group) is 1. The fraction of sp³-hybridized carbons (Fsp3) is 0.455. The molecular formula is C22H32FN3O. The van der Waals surface area contributed by atoms with Gasteiger partial charge in [0.15, 0.2) is 0 Å². The number of benzene rings is 1. The van der Waals surface area contributed by atoms with Crippen molar-refractivity contribution in [1.29, 1.82) is 0 Å². The lowest BCUT2D eigenvalue weighted by Crippen LogP contribution is -2.26. The van der Waals surface area contributed by atoms with Crippen LogP contribution in [0, 0.1) is 5.82 Å². The van der Waals surface area contributed by atoms with Crippen molar-refractivity contribution in [3.63, 3.8) is 0 Å². The first-order valence-corrected chi connectivity index (χ1v) is 9.50. The first-order valence-electron chi connectivity index (χ1n) is 9.50. The van der Waals surface area contributed by atoms with Gasteiger partial charge in [-0.25, -0.2) is 4.39 Å². The van der Waals surface area contributed by atoms with Gasteiger partial charge in [0.25, 0.3) is 5.91 Å². The zero-order valence-electron chi connectivity index (χ0n) is 17.3. The van der Waals surface area contributed by atoms with Crippen LogP contribution in [0.3, 0.4) is 0 Å². The monoisotopic (exact) mass is 373 g/mol. The van der Waals surface area contributed by atoms with Gasteiger partial charge >= 0.3 is 0 Å². The summed E-state index contributed by atoms with van der Waals surface area (Å²) in [5.41, 5.74) is 10.2. The minimum atomic E-state index is -0.264. The summed E-state index contributed by atoms with van der Waals surface area (Å²) in [4.78, 5) is 19.0. The number of hydrogen-bond acceptors (Lipinski definition) is 3. The molecule has 0 fully saturated rings. The predicted octanol–water partition coefficient (Wildman–Crippen LogP) is 4.81. The third-order valence-electron chi connectivity index (χ3n) is 4.79. The molecule has 0 saturated carbocycles. The fourth-order valence-corrected chi connectivity index (χ4v) is 2.74. The topological polar surface area (TPSA) is 58.7 Å². The standard InChI is InChI=1S/C22H32FN3O/c1-7-17(14-22(27)26(6)16(5)20(24)8-2)15(4)25-21(9-3)18-10-12-19(23)13-11-18/h10-15H,7-9,24H2,1-6H3/b17-14+,20-16+,25-21?/t15-/m0/s1. The first-order chi connectivity index (χ1) is 12.7. The Hall–Kier alpha value is -2.43. The summed E-state index contributed by atoms with van der Waals surface area (Å²) in [6.45, 7) is 9.82. The van der Waals surface area contributed by atoms with E-state index in [9.17, 15) is 9.18 Å². The zero-order chi connectivity index (χ0) is 20.6. The molecule has 1 amide bonds. The van der Waals surface area contributed by atoms with E-state index in [1.807, 2.05) is 34.6 Å². The van der Waals surface area contributed by atoms with E-state index in [2.05, 4.69) is 0 Å². The second-order valence-electron chi connectivity index (χ2n) is 6.55. The molecule has 0 aliphatic heterocycles. The fourth-order valence-electron chi connectivity index (χ4n) is 2.74. The molecule has 0 heterocycles. The van der Waals surface area contributed by atoms with Crippen LogP contribution in [0.2, 0.25) is 0 Å². The maximum Gasteiger partial charge on any atom is 0.250 e. The Labute approximate surface area is 162 Å². The predicted molar refractivity (Wildman–Crippen MR) is 111 cm³/mol. The van der Waals surface area contributed by atoms with Gasteiger partial charge in [-0.15, -0.1) is 0 Å². The van der Waals surface area contributed by atoms with Crippen LogP contribution in [0.5, 0.6) is 0 Å². The van der Waals surface area contributed by atoms with Crippen LogP contribution in [0.25, 0.3) is 0 Å². The lowest BCUT2D eigenvalue weighted by Gasteiger charge is -2.20. The lowest BCUT2D eigenvalue weighted by molar-refractivity contribution is -0.123. The highest BCUT2D eigenvalue weighted by Crippen LogP contribution is 2.16. The average molecular weight is 374 g/mol. The van der Waals surface area contributed by atoms with Crippen molar-refractivity contribution in [3.8, 4) is 0 Å². The minimum Gasteiger partial charge on any atom is -0.401 e. The molecule has 148 valence electrons. The van der Waals surface area contributed by atoms with E-state index < -0.39 is 0 Å². The molecule has 1 aromatic rings. The van der Waals surface area contributed by atoms with Crippen molar-refractivity contribution in [2.45, 2.75) is 59.9 Å². The minimum absolute atomic E-state index is 0.109. The number of rotatable bonds is 8. The molecular weight excluding hydrogens is 341 g/mol. The summed E-state index contributed by atoms with van der Waals surface area (Å²) in [5, 5.41) is 0. The number of nitrogens with two attached hydrogens (primary N) is 1. The largest absolute Gasteiger partial charge is 0.401 e. The van der Waals surface area contributed by atoms with Crippen LogP contribution in [-0.2, 0) is 4.79 Å². The number of carbonyl (C=O) groups excluding carboxylic acids is 1. The van der Waals surface area contributed by atoms with Gasteiger partial charge < -0.3 is 10.6 Å². The van der Waals surface area contributed by atoms with Crippen LogP contribution in [0.1, 0.15) is 59.4 Å². The molecule has 0 aliphatic rings. The van der Waals surface area contributed by atoms with Crippen LogP contribution in [0.15, 0.2) is 52.3 Å². The Morgan fingerprint density at radius 3 is 2.26 bits per heavy atom. The zero-order valence-corrected chi connectivity index (χ0v) is 17.3. The third kappa shape index (κ3) is 6.35. The van der Waals surface area contributed by atoms with Crippen molar-refractivity contribution in [3.05, 3.63) is 58.7 Å². The van der Waals surface area contributed by atoms with Gasteiger partial charge in [0.1, 0.15) is 5.82 Å². The second kappa shape index (κ2) is 10.7. The summed E-state index contributed by atoms with van der Waals surface area (Å²) in [6.07, 6.45) is 3.80. The number of carbonyl (C=O) groups is 1. The highest BCUT2D eigenvalue weighted by atomic mass is 19.1. The molecule has 4 nitrogen and oxygen atoms in total. The van der Waals surface area contributed by atoms with E-state index >= 15 is 0 Å². The maximum atomic E-state index is 13.2. The molecule has 0 spiro atoms. The first kappa shape index (κ1) is 22.6. The number of halogens is 1. The maximum absolute atomic E-state index is 13.2. The molecule has 1 rings (SSSR count). The number of aliphatic imine (C=N–C) groups is 1. The van der Waals surface area contributed by atoms with Gasteiger partial charge in [-0.2, -0.15) is 0 Å². The summed E-state index contributed by atoms with van der Waals surface area (Å²) in [6, 6.07) is 6.21. The molecule has 0 saturated heterocycles. The lowest BCUT2D eigenvalue weighted by atomic mass is 10.0. The Bertz CT molecular complexity index is 732. The van der Waals surface area contributed by atoms with E-state index in [0.29, 0.717) is 12.1 Å². The van der Waals surface area contributed by atoms with Crippen LogP contribution in [-0.4, -0.2) is 29.6 Å². The Kier molecular flexibility index (Phi) is 8.92. The summed E-state index contributed by atoms with van der Waals surface area (Å²) < 4.78 is 13.2. The van der Waals surface area contributed by atoms with Gasteiger partial charge in [-0.05, 0) is 56.4 Å². The highest BCUT2D eigenvalue weighted by molar-refractivity contribution is 6.00. The molecule has 2 N–H and O–H groups in total. The summed E-state index contributed by atoms with van der Waals surface area (Å²) in [7, 11) is 1.73. The molecule has 0 aromatic heterocycles. The van der Waals surface area contributed by atoms with E-state index in [4.69, 9.17) is 10.7 Å². The van der Waals surface area contributed by atoms with Crippen LogP contribution in [0.4, 0.5) is 4.39 Å². The number of nitrogens with zero attached hydrogens (tertiary/aromatic N) is 2. The second-order valence-corrected chi connectivity index (χ2v) is 6.55. The molecule has 0 aliphatic carbocycles. The SMILES string of the molecule is CCC(=N[C@@H](C)/C(=C/C(=O)N(C)/C(C)=C(/N)CC)CC)c1ccc(F)cc1. The van der Waals surface area contributed by atoms with Gasteiger partial charge in [-0.1, -0.05) is 32.9 Å². The molecule has 1 atom stereocenters. The quantitative estimate of drug-likeness (QED) is 0.525. The number of allylic oxidation sites excluding steroid dienone is 2. The number of hydrogen-bond donors (Lipinski definition) is 1. The number of amides is 1. The van der Waals surface area contributed by atoms with Crippen LogP contribution < -0.4 is 5.73 Å². The van der Waals surface area contributed by atoms with E-state index in [1.165, 1.54) is 12.1 Å². The highest BCUT2D eigenvalue weighted by Gasteiger charge is 2.14. The van der Waals surface area contributed by atoms with Crippen molar-refractivity contribution >= 4 is 11.6 Å². The molecule has 5 heteroatoms. The van der Waals surface area contributed by atoms with E-state index in [-0.39, 0.29) is 17.8 Å². The molecule has 0 unspecified atom stereocenters. The van der Waals surface area contributed by atoms with Crippen molar-refractivity contribution in [2.75, 3.05) is 7.05 Å². The smallest absolute Gasteiger partial charge is 0.250 e. The van der Waals surface area contributed by atoms with Crippen molar-refractivity contribution in [1.82, 2.24) is 4.90 Å². The molecule has 1 aromatic carbocycles. The van der Waals surface area contributed by atoms with Crippen molar-refractivity contribution in [2.24, 2.45) is 10.7 Å². The summed E-state index contributed by atoms with van der Waals surface area (Å²) in [5.74, 6) is -0.373. The normalized spacial score (nSPS) is 14.6. The summed E-state index contributed by atoms with van der Waals surface area (Å²) >= 11 is 0. The van der Waals surface area contributed by atoms with Crippen molar-refractivity contribution < 1.29 is 9.18 Å². The molecule has 27 heavy (non-hydrogen) atoms. The Morgan fingerprint density at radius 1 is 1.19 bits per heavy atom. The van der Waals surface area contributed by atoms with Crippen LogP contribution >= 0.6 is 0 Å². The average Bonchev–Trinajstić information content (AvgIpc) is 2.68.